The van der Waals surface area contributed by atoms with E-state index in [1.165, 1.54) is 24.3 Å². The van der Waals surface area contributed by atoms with Gasteiger partial charge in [0.05, 0.1) is 11.3 Å². The molecule has 5 rings (SSSR count). The van der Waals surface area contributed by atoms with Crippen molar-refractivity contribution in [3.8, 4) is 5.75 Å². The van der Waals surface area contributed by atoms with Crippen LogP contribution in [0.4, 0.5) is 24.5 Å². The second-order valence-electron chi connectivity index (χ2n) is 9.88. The molecule has 0 bridgehead atoms. The molecule has 0 radical (unpaired) electrons. The number of rotatable bonds is 7. The topological polar surface area (TPSA) is 61.9 Å². The van der Waals surface area contributed by atoms with Crippen molar-refractivity contribution >= 4 is 23.2 Å². The lowest BCUT2D eigenvalue weighted by atomic mass is 9.89. The molecule has 2 heterocycles. The van der Waals surface area contributed by atoms with Crippen molar-refractivity contribution < 1.29 is 27.5 Å². The van der Waals surface area contributed by atoms with Crippen LogP contribution in [0.25, 0.3) is 0 Å². The lowest BCUT2D eigenvalue weighted by molar-refractivity contribution is -0.0501. The average Bonchev–Trinajstić information content (AvgIpc) is 3.48. The molecule has 0 unspecified atom stereocenters. The van der Waals surface area contributed by atoms with E-state index in [4.69, 9.17) is 0 Å². The van der Waals surface area contributed by atoms with Crippen molar-refractivity contribution in [1.29, 1.82) is 0 Å². The van der Waals surface area contributed by atoms with E-state index in [0.717, 1.165) is 44.3 Å². The van der Waals surface area contributed by atoms with Crippen LogP contribution in [0.15, 0.2) is 66.7 Å². The first-order chi connectivity index (χ1) is 18.9. The van der Waals surface area contributed by atoms with Crippen LogP contribution in [0.1, 0.15) is 57.9 Å². The number of para-hydroxylation sites is 1. The smallest absolute Gasteiger partial charge is 0.387 e. The maximum absolute atomic E-state index is 14.7. The Bertz CT molecular complexity index is 1320. The highest BCUT2D eigenvalue weighted by Gasteiger charge is 2.26. The third-order valence-electron chi connectivity index (χ3n) is 7.41. The Balaban J connectivity index is 1.16. The maximum Gasteiger partial charge on any atom is 0.387 e. The molecule has 2 saturated heterocycles. The summed E-state index contributed by atoms with van der Waals surface area (Å²) < 4.78 is 44.5. The Labute approximate surface area is 225 Å². The highest BCUT2D eigenvalue weighted by molar-refractivity contribution is 6.06. The number of carbonyl (C=O) groups is 2. The zero-order chi connectivity index (χ0) is 27.4. The Kier molecular flexibility index (Phi) is 8.05. The van der Waals surface area contributed by atoms with E-state index >= 15 is 0 Å². The molecule has 1 N–H and O–H groups in total. The van der Waals surface area contributed by atoms with E-state index in [0.29, 0.717) is 30.0 Å². The van der Waals surface area contributed by atoms with Crippen LogP contribution in [0.5, 0.6) is 5.75 Å². The SMILES string of the molecule is O=C(Nc1ccc(C2CCN(C(=O)c3ccc(N4CCCC4)c(F)c3)CC2)cc1)c1ccccc1OC(F)F. The van der Waals surface area contributed by atoms with Gasteiger partial charge in [0.15, 0.2) is 0 Å². The van der Waals surface area contributed by atoms with Gasteiger partial charge >= 0.3 is 6.61 Å². The molecule has 0 aromatic heterocycles. The second kappa shape index (κ2) is 11.8. The summed E-state index contributed by atoms with van der Waals surface area (Å²) in [5.74, 6) is -0.999. The molecule has 2 amide bonds. The van der Waals surface area contributed by atoms with E-state index < -0.39 is 12.5 Å². The van der Waals surface area contributed by atoms with Crippen molar-refractivity contribution in [3.63, 3.8) is 0 Å². The molecule has 39 heavy (non-hydrogen) atoms. The maximum atomic E-state index is 14.7. The van der Waals surface area contributed by atoms with Gasteiger partial charge in [-0.3, -0.25) is 9.59 Å². The molecular weight excluding hydrogens is 507 g/mol. The molecule has 9 heteroatoms. The van der Waals surface area contributed by atoms with Crippen LogP contribution in [-0.4, -0.2) is 49.5 Å². The van der Waals surface area contributed by atoms with E-state index in [1.807, 2.05) is 17.0 Å². The van der Waals surface area contributed by atoms with Crippen molar-refractivity contribution in [3.05, 3.63) is 89.2 Å². The minimum Gasteiger partial charge on any atom is -0.434 e. The highest BCUT2D eigenvalue weighted by Crippen LogP contribution is 2.31. The van der Waals surface area contributed by atoms with Gasteiger partial charge in [0.2, 0.25) is 0 Å². The first kappa shape index (κ1) is 26.6. The molecule has 0 aliphatic carbocycles. The van der Waals surface area contributed by atoms with Crippen LogP contribution in [0.2, 0.25) is 0 Å². The van der Waals surface area contributed by atoms with Crippen LogP contribution >= 0.6 is 0 Å². The number of alkyl halides is 2. The zero-order valence-electron chi connectivity index (χ0n) is 21.4. The first-order valence-electron chi connectivity index (χ1n) is 13.2. The number of carbonyl (C=O) groups excluding carboxylic acids is 2. The number of hydrogen-bond acceptors (Lipinski definition) is 4. The minimum atomic E-state index is -3.03. The summed E-state index contributed by atoms with van der Waals surface area (Å²) in [4.78, 5) is 29.4. The number of halogens is 3. The third-order valence-corrected chi connectivity index (χ3v) is 7.41. The van der Waals surface area contributed by atoms with Gasteiger partial charge in [0, 0.05) is 37.4 Å². The number of anilines is 2. The fraction of sp³-hybridized carbons (Fsp3) is 0.333. The number of benzene rings is 3. The van der Waals surface area contributed by atoms with Gasteiger partial charge in [-0.1, -0.05) is 24.3 Å². The number of nitrogens with one attached hydrogen (secondary N) is 1. The second-order valence-corrected chi connectivity index (χ2v) is 9.88. The van der Waals surface area contributed by atoms with Gasteiger partial charge in [0.1, 0.15) is 11.6 Å². The quantitative estimate of drug-likeness (QED) is 0.384. The van der Waals surface area contributed by atoms with Gasteiger partial charge in [-0.2, -0.15) is 8.78 Å². The minimum absolute atomic E-state index is 0.0180. The lowest BCUT2D eigenvalue weighted by Crippen LogP contribution is -2.38. The van der Waals surface area contributed by atoms with Gasteiger partial charge in [-0.05, 0) is 79.6 Å². The summed E-state index contributed by atoms with van der Waals surface area (Å²) in [6.45, 7) is -0.206. The fourth-order valence-corrected chi connectivity index (χ4v) is 5.34. The monoisotopic (exact) mass is 537 g/mol. The molecule has 2 fully saturated rings. The molecule has 0 atom stereocenters. The number of amides is 2. The molecule has 2 aliphatic rings. The van der Waals surface area contributed by atoms with Crippen LogP contribution in [0.3, 0.4) is 0 Å². The molecule has 204 valence electrons. The molecular formula is C30H30F3N3O3. The highest BCUT2D eigenvalue weighted by atomic mass is 19.3. The van der Waals surface area contributed by atoms with Crippen LogP contribution in [0, 0.1) is 5.82 Å². The number of hydrogen-bond donors (Lipinski definition) is 1. The van der Waals surface area contributed by atoms with Gasteiger partial charge < -0.3 is 19.9 Å². The number of ether oxygens (including phenoxy) is 1. The van der Waals surface area contributed by atoms with Crippen molar-refractivity contribution in [2.45, 2.75) is 38.2 Å². The number of nitrogens with zero attached hydrogens (tertiary/aromatic N) is 2. The van der Waals surface area contributed by atoms with E-state index in [2.05, 4.69) is 10.1 Å². The van der Waals surface area contributed by atoms with Crippen molar-refractivity contribution in [2.24, 2.45) is 0 Å². The van der Waals surface area contributed by atoms with E-state index in [-0.39, 0.29) is 29.0 Å². The molecule has 3 aromatic rings. The fourth-order valence-electron chi connectivity index (χ4n) is 5.34. The molecule has 6 nitrogen and oxygen atoms in total. The van der Waals surface area contributed by atoms with Crippen molar-refractivity contribution in [1.82, 2.24) is 4.90 Å². The summed E-state index contributed by atoms with van der Waals surface area (Å²) in [5, 5.41) is 2.72. The number of piperidine rings is 1. The Morgan fingerprint density at radius 2 is 1.59 bits per heavy atom. The summed E-state index contributed by atoms with van der Waals surface area (Å²) in [6, 6.07) is 18.0. The average molecular weight is 538 g/mol. The van der Waals surface area contributed by atoms with Crippen LogP contribution < -0.4 is 15.0 Å². The van der Waals surface area contributed by atoms with Gasteiger partial charge in [-0.25, -0.2) is 4.39 Å². The van der Waals surface area contributed by atoms with Crippen molar-refractivity contribution in [2.75, 3.05) is 36.4 Å². The Hall–Kier alpha value is -4.01. The normalized spacial score (nSPS) is 16.0. The summed E-state index contributed by atoms with van der Waals surface area (Å²) in [7, 11) is 0. The predicted octanol–water partition coefficient (Wildman–Crippen LogP) is 6.30. The molecule has 3 aromatic carbocycles. The third kappa shape index (κ3) is 6.19. The molecule has 0 spiro atoms. The number of likely N-dealkylation sites (tertiary alicyclic amines) is 1. The predicted molar refractivity (Wildman–Crippen MR) is 143 cm³/mol. The standard InChI is InChI=1S/C30H30F3N3O3/c31-25-19-22(9-12-26(25)35-15-3-4-16-35)29(38)36-17-13-21(14-18-36)20-7-10-23(11-8-20)34-28(37)24-5-1-2-6-27(24)39-30(32)33/h1-2,5-12,19,21,30H,3-4,13-18H2,(H,34,37). The zero-order valence-corrected chi connectivity index (χ0v) is 21.4. The summed E-state index contributed by atoms with van der Waals surface area (Å²) in [6.07, 6.45) is 3.65. The van der Waals surface area contributed by atoms with Gasteiger partial charge in [-0.15, -0.1) is 0 Å². The van der Waals surface area contributed by atoms with E-state index in [1.54, 1.807) is 35.2 Å². The largest absolute Gasteiger partial charge is 0.434 e. The molecule has 2 aliphatic heterocycles. The Morgan fingerprint density at radius 1 is 0.897 bits per heavy atom. The summed E-state index contributed by atoms with van der Waals surface area (Å²) in [5.41, 5.74) is 2.57. The first-order valence-corrected chi connectivity index (χ1v) is 13.2. The van der Waals surface area contributed by atoms with Gasteiger partial charge in [0.25, 0.3) is 11.8 Å². The lowest BCUT2D eigenvalue weighted by Gasteiger charge is -2.32. The summed E-state index contributed by atoms with van der Waals surface area (Å²) >= 11 is 0. The van der Waals surface area contributed by atoms with Crippen LogP contribution in [-0.2, 0) is 0 Å². The van der Waals surface area contributed by atoms with E-state index in [9.17, 15) is 22.8 Å². The molecule has 0 saturated carbocycles. The Morgan fingerprint density at radius 3 is 2.26 bits per heavy atom.